The Morgan fingerprint density at radius 1 is 0.744 bits per heavy atom. The molecule has 0 aliphatic carbocycles. The monoisotopic (exact) mass is 559 g/mol. The lowest BCUT2D eigenvalue weighted by Gasteiger charge is -2.36. The molecule has 13 heteroatoms. The van der Waals surface area contributed by atoms with Crippen LogP contribution in [0.1, 0.15) is 60.8 Å². The molecule has 0 rings (SSSR count). The smallest absolute Gasteiger partial charge is 0.344 e. The molecule has 0 aromatic heterocycles. The first-order valence-electron chi connectivity index (χ1n) is 12.9. The molecule has 0 aliphatic rings. The van der Waals surface area contributed by atoms with Gasteiger partial charge in [-0.2, -0.15) is 0 Å². The molecule has 7 atom stereocenters. The van der Waals surface area contributed by atoms with Gasteiger partial charge in [-0.15, -0.1) is 0 Å². The molecule has 0 aromatic rings. The molecule has 0 amide bonds. The maximum atomic E-state index is 13.6. The van der Waals surface area contributed by atoms with E-state index in [1.807, 2.05) is 0 Å². The van der Waals surface area contributed by atoms with Crippen molar-refractivity contribution in [3.63, 3.8) is 0 Å². The fourth-order valence-corrected chi connectivity index (χ4v) is 4.34. The van der Waals surface area contributed by atoms with E-state index >= 15 is 0 Å². The van der Waals surface area contributed by atoms with Crippen LogP contribution in [-0.2, 0) is 28.8 Å². The molecular weight excluding hydrogens is 514 g/mol. The van der Waals surface area contributed by atoms with Crippen molar-refractivity contribution in [1.82, 2.24) is 16.0 Å². The SMILES string of the molecule is CC[C@H](C)[C@@H](NC)C(=O)CC(O)(C(=O)O)C(=O)C(O)(CC(=O)C(C)(O)C(=O)[C@H](NC)C(C)C)C(=O)[C@@H](C)NC. The summed E-state index contributed by atoms with van der Waals surface area (Å²) in [6, 6.07) is -3.33. The van der Waals surface area contributed by atoms with Crippen molar-refractivity contribution in [3.8, 4) is 0 Å². The Balaban J connectivity index is 6.78. The molecule has 0 fully saturated rings. The van der Waals surface area contributed by atoms with Gasteiger partial charge in [0.1, 0.15) is 0 Å². The van der Waals surface area contributed by atoms with Crippen molar-refractivity contribution in [2.24, 2.45) is 11.8 Å². The van der Waals surface area contributed by atoms with Crippen molar-refractivity contribution in [2.75, 3.05) is 21.1 Å². The van der Waals surface area contributed by atoms with Crippen LogP contribution >= 0.6 is 0 Å². The summed E-state index contributed by atoms with van der Waals surface area (Å²) in [6.45, 7) is 8.76. The van der Waals surface area contributed by atoms with Gasteiger partial charge in [0.15, 0.2) is 34.3 Å². The van der Waals surface area contributed by atoms with Gasteiger partial charge in [-0.1, -0.05) is 34.1 Å². The van der Waals surface area contributed by atoms with E-state index in [-0.39, 0.29) is 11.8 Å². The Bertz CT molecular complexity index is 950. The minimum absolute atomic E-state index is 0.329. The van der Waals surface area contributed by atoms with Gasteiger partial charge in [-0.3, -0.25) is 24.0 Å². The van der Waals surface area contributed by atoms with E-state index in [1.165, 1.54) is 28.1 Å². The van der Waals surface area contributed by atoms with Crippen LogP contribution < -0.4 is 16.0 Å². The second-order valence-electron chi connectivity index (χ2n) is 10.6. The molecule has 7 N–H and O–H groups in total. The summed E-state index contributed by atoms with van der Waals surface area (Å²) in [5.74, 6) is -9.74. The number of nitrogens with one attached hydrogen (secondary N) is 3. The molecule has 0 bridgehead atoms. The maximum absolute atomic E-state index is 13.6. The summed E-state index contributed by atoms with van der Waals surface area (Å²) in [6.07, 6.45) is -2.37. The zero-order valence-corrected chi connectivity index (χ0v) is 24.2. The van der Waals surface area contributed by atoms with Crippen molar-refractivity contribution < 1.29 is 49.2 Å². The van der Waals surface area contributed by atoms with Crippen molar-refractivity contribution >= 4 is 34.9 Å². The number of carbonyl (C=O) groups excluding carboxylic acids is 5. The molecule has 0 spiro atoms. The van der Waals surface area contributed by atoms with Crippen LogP contribution in [0.15, 0.2) is 0 Å². The van der Waals surface area contributed by atoms with Crippen LogP contribution in [0.25, 0.3) is 0 Å². The number of carboxylic acid groups (broad SMARTS) is 1. The molecule has 3 unspecified atom stereocenters. The van der Waals surface area contributed by atoms with Crippen LogP contribution in [0, 0.1) is 11.8 Å². The van der Waals surface area contributed by atoms with Crippen LogP contribution in [0.3, 0.4) is 0 Å². The van der Waals surface area contributed by atoms with E-state index in [0.717, 1.165) is 6.92 Å². The van der Waals surface area contributed by atoms with Crippen molar-refractivity contribution in [1.29, 1.82) is 0 Å². The highest BCUT2D eigenvalue weighted by Crippen LogP contribution is 2.30. The van der Waals surface area contributed by atoms with E-state index in [0.29, 0.717) is 6.42 Å². The highest BCUT2D eigenvalue weighted by atomic mass is 16.4. The van der Waals surface area contributed by atoms with Crippen LogP contribution in [-0.4, -0.2) is 111 Å². The number of likely N-dealkylation sites (N-methyl/N-ethyl adjacent to an activating group) is 3. The predicted octanol–water partition coefficient (Wildman–Crippen LogP) is -1.60. The average Bonchev–Trinajstić information content (AvgIpc) is 2.86. The highest BCUT2D eigenvalue weighted by Gasteiger charge is 2.61. The van der Waals surface area contributed by atoms with Gasteiger partial charge in [0.2, 0.25) is 11.4 Å². The Kier molecular flexibility index (Phi) is 13.4. The number of Topliss-reactive ketones (excluding diaryl/α,β-unsaturated/α-hetero) is 5. The summed E-state index contributed by atoms with van der Waals surface area (Å²) in [5, 5.41) is 50.8. The van der Waals surface area contributed by atoms with Gasteiger partial charge in [-0.25, -0.2) is 4.79 Å². The van der Waals surface area contributed by atoms with Gasteiger partial charge >= 0.3 is 5.97 Å². The topological polar surface area (TPSA) is 219 Å². The number of hydrogen-bond acceptors (Lipinski definition) is 12. The summed E-state index contributed by atoms with van der Waals surface area (Å²) >= 11 is 0. The lowest BCUT2D eigenvalue weighted by Crippen LogP contribution is -2.66. The van der Waals surface area contributed by atoms with E-state index < -0.39 is 82.7 Å². The Labute approximate surface area is 229 Å². The first-order valence-corrected chi connectivity index (χ1v) is 12.9. The second kappa shape index (κ2) is 14.3. The number of carbonyl (C=O) groups is 6. The lowest BCUT2D eigenvalue weighted by molar-refractivity contribution is -0.181. The fourth-order valence-electron chi connectivity index (χ4n) is 4.34. The quantitative estimate of drug-likeness (QED) is 0.0887. The molecule has 224 valence electrons. The molecule has 0 radical (unpaired) electrons. The molecule has 0 aliphatic heterocycles. The second-order valence-corrected chi connectivity index (χ2v) is 10.6. The van der Waals surface area contributed by atoms with Crippen LogP contribution in [0.5, 0.6) is 0 Å². The molecule has 0 aromatic carbocycles. The van der Waals surface area contributed by atoms with Gasteiger partial charge in [0.25, 0.3) is 0 Å². The largest absolute Gasteiger partial charge is 0.479 e. The zero-order valence-electron chi connectivity index (χ0n) is 24.2. The van der Waals surface area contributed by atoms with Crippen LogP contribution in [0.4, 0.5) is 0 Å². The van der Waals surface area contributed by atoms with Gasteiger partial charge in [0.05, 0.1) is 31.0 Å². The first kappa shape index (κ1) is 36.6. The summed E-state index contributed by atoms with van der Waals surface area (Å²) in [5.41, 5.74) is -9.94. The number of carboxylic acids is 1. The third kappa shape index (κ3) is 7.83. The maximum Gasteiger partial charge on any atom is 0.344 e. The molecule has 13 nitrogen and oxygen atoms in total. The van der Waals surface area contributed by atoms with Crippen molar-refractivity contribution in [2.45, 2.75) is 95.7 Å². The Morgan fingerprint density at radius 3 is 1.59 bits per heavy atom. The van der Waals surface area contributed by atoms with E-state index in [1.54, 1.807) is 27.7 Å². The van der Waals surface area contributed by atoms with Crippen molar-refractivity contribution in [3.05, 3.63) is 0 Å². The van der Waals surface area contributed by atoms with Gasteiger partial charge in [0, 0.05) is 0 Å². The zero-order chi connectivity index (χ0) is 31.1. The first-order chi connectivity index (χ1) is 17.7. The van der Waals surface area contributed by atoms with Gasteiger partial charge in [-0.05, 0) is 46.8 Å². The van der Waals surface area contributed by atoms with Crippen LogP contribution in [0.2, 0.25) is 0 Å². The Hall–Kier alpha value is -2.42. The number of ketones is 5. The standard InChI is InChI=1S/C26H45N3O10/c1-10-14(4)19(29-9)16(30)11-26(39,23(35)36)22(34)25(38,20(32)15(5)27-7)12-17(31)24(6,37)21(33)18(28-8)13(2)3/h13-15,18-19,27-29,37-39H,10-12H2,1-9H3,(H,35,36)/t14-,15+,18+,19+,24?,25?,26?/m0/s1. The number of rotatable bonds is 19. The lowest BCUT2D eigenvalue weighted by atomic mass is 9.72. The van der Waals surface area contributed by atoms with E-state index in [9.17, 15) is 49.2 Å². The molecule has 39 heavy (non-hydrogen) atoms. The third-order valence-electron chi connectivity index (χ3n) is 7.34. The molecule has 0 saturated carbocycles. The van der Waals surface area contributed by atoms with Gasteiger partial charge < -0.3 is 36.4 Å². The normalized spacial score (nSPS) is 19.5. The number of hydrogen-bond donors (Lipinski definition) is 7. The van der Waals surface area contributed by atoms with E-state index in [4.69, 9.17) is 0 Å². The minimum atomic E-state index is -3.61. The summed E-state index contributed by atoms with van der Waals surface area (Å²) in [7, 11) is 4.13. The fraction of sp³-hybridized carbons (Fsp3) is 0.769. The minimum Gasteiger partial charge on any atom is -0.479 e. The summed E-state index contributed by atoms with van der Waals surface area (Å²) < 4.78 is 0. The molecule has 0 heterocycles. The highest BCUT2D eigenvalue weighted by molar-refractivity contribution is 6.25. The third-order valence-corrected chi connectivity index (χ3v) is 7.34. The number of aliphatic carboxylic acids is 1. The molecule has 0 saturated heterocycles. The number of aliphatic hydroxyl groups is 3. The Morgan fingerprint density at radius 2 is 1.23 bits per heavy atom. The summed E-state index contributed by atoms with van der Waals surface area (Å²) in [4.78, 5) is 78.1. The molecular formula is C26H45N3O10. The van der Waals surface area contributed by atoms with E-state index in [2.05, 4.69) is 16.0 Å². The predicted molar refractivity (Wildman–Crippen MR) is 141 cm³/mol. The average molecular weight is 560 g/mol.